The molecule has 0 aromatic heterocycles. The van der Waals surface area contributed by atoms with E-state index in [1.54, 1.807) is 12.1 Å². The molecule has 1 fully saturated rings. The van der Waals surface area contributed by atoms with Crippen LogP contribution in [0.4, 0.5) is 13.2 Å². The van der Waals surface area contributed by atoms with Crippen molar-refractivity contribution in [3.05, 3.63) is 23.8 Å². The minimum Gasteiger partial charge on any atom is -0.493 e. The van der Waals surface area contributed by atoms with Gasteiger partial charge in [0, 0.05) is 32.2 Å². The summed E-state index contributed by atoms with van der Waals surface area (Å²) in [6.07, 6.45) is -4.36. The molecule has 1 aromatic rings. The van der Waals surface area contributed by atoms with Crippen molar-refractivity contribution in [3.63, 3.8) is 0 Å². The van der Waals surface area contributed by atoms with Crippen LogP contribution >= 0.6 is 12.4 Å². The van der Waals surface area contributed by atoms with Crippen LogP contribution in [0.1, 0.15) is 12.5 Å². The normalized spacial score (nSPS) is 19.1. The van der Waals surface area contributed by atoms with Crippen LogP contribution in [0.5, 0.6) is 11.5 Å². The minimum absolute atomic E-state index is 0. The van der Waals surface area contributed by atoms with Crippen LogP contribution in [0.15, 0.2) is 18.2 Å². The Morgan fingerprint density at radius 1 is 1.30 bits per heavy atom. The second-order valence-corrected chi connectivity index (χ2v) is 5.48. The molecule has 0 spiro atoms. The van der Waals surface area contributed by atoms with Crippen LogP contribution in [0, 0.1) is 0 Å². The smallest absolute Gasteiger partial charge is 0.422 e. The number of nitrogens with zero attached hydrogens (tertiary/aromatic N) is 1. The first-order chi connectivity index (χ1) is 10.4. The summed E-state index contributed by atoms with van der Waals surface area (Å²) in [6, 6.07) is 5.48. The van der Waals surface area contributed by atoms with Crippen molar-refractivity contribution >= 4 is 12.4 Å². The van der Waals surface area contributed by atoms with Crippen LogP contribution in [0.25, 0.3) is 0 Å². The van der Waals surface area contributed by atoms with Crippen LogP contribution in [0.2, 0.25) is 0 Å². The van der Waals surface area contributed by atoms with Gasteiger partial charge in [-0.1, -0.05) is 6.07 Å². The summed E-state index contributed by atoms with van der Waals surface area (Å²) >= 11 is 0. The number of ether oxygens (including phenoxy) is 2. The predicted molar refractivity (Wildman–Crippen MR) is 84.5 cm³/mol. The molecule has 4 nitrogen and oxygen atoms in total. The second-order valence-electron chi connectivity index (χ2n) is 5.48. The van der Waals surface area contributed by atoms with Gasteiger partial charge >= 0.3 is 6.18 Å². The summed E-state index contributed by atoms with van der Waals surface area (Å²) in [4.78, 5) is 2.30. The highest BCUT2D eigenvalue weighted by Gasteiger charge is 2.29. The molecule has 1 unspecified atom stereocenters. The van der Waals surface area contributed by atoms with Gasteiger partial charge in [-0.05, 0) is 24.6 Å². The number of methoxy groups -OCH3 is 1. The summed E-state index contributed by atoms with van der Waals surface area (Å²) in [5.41, 5.74) is 0.991. The van der Waals surface area contributed by atoms with E-state index in [1.165, 1.54) is 13.2 Å². The number of hydrogen-bond acceptors (Lipinski definition) is 4. The van der Waals surface area contributed by atoms with E-state index in [0.717, 1.165) is 31.7 Å². The highest BCUT2D eigenvalue weighted by molar-refractivity contribution is 5.85. The number of alkyl halides is 3. The Hall–Kier alpha value is -1.18. The molecule has 8 heteroatoms. The van der Waals surface area contributed by atoms with Gasteiger partial charge in [0.1, 0.15) is 0 Å². The molecule has 0 saturated carbocycles. The van der Waals surface area contributed by atoms with Gasteiger partial charge in [0.2, 0.25) is 0 Å². The Balaban J connectivity index is 0.00000264. The van der Waals surface area contributed by atoms with Gasteiger partial charge in [-0.2, -0.15) is 13.2 Å². The summed E-state index contributed by atoms with van der Waals surface area (Å²) in [6.45, 7) is 4.36. The van der Waals surface area contributed by atoms with Crippen molar-refractivity contribution in [1.82, 2.24) is 10.2 Å². The Bertz CT molecular complexity index is 500. The highest BCUT2D eigenvalue weighted by Crippen LogP contribution is 2.30. The summed E-state index contributed by atoms with van der Waals surface area (Å²) in [7, 11) is 1.42. The molecule has 23 heavy (non-hydrogen) atoms. The monoisotopic (exact) mass is 354 g/mol. The maximum atomic E-state index is 12.2. The second kappa shape index (κ2) is 8.61. The molecule has 0 radical (unpaired) electrons. The van der Waals surface area contributed by atoms with Gasteiger partial charge in [-0.15, -0.1) is 12.4 Å². The lowest BCUT2D eigenvalue weighted by atomic mass is 10.1. The van der Waals surface area contributed by atoms with Crippen LogP contribution in [0.3, 0.4) is 0 Å². The van der Waals surface area contributed by atoms with E-state index in [4.69, 9.17) is 9.47 Å². The lowest BCUT2D eigenvalue weighted by Crippen LogP contribution is -2.48. The average Bonchev–Trinajstić information content (AvgIpc) is 2.45. The molecule has 2 rings (SSSR count). The maximum absolute atomic E-state index is 12.2. The van der Waals surface area contributed by atoms with E-state index in [1.807, 2.05) is 0 Å². The van der Waals surface area contributed by atoms with Gasteiger partial charge in [0.15, 0.2) is 18.1 Å². The molecule has 1 aliphatic rings. The molecular formula is C15H22ClF3N2O2. The predicted octanol–water partition coefficient (Wildman–Crippen LogP) is 2.85. The molecular weight excluding hydrogens is 333 g/mol. The topological polar surface area (TPSA) is 33.7 Å². The highest BCUT2D eigenvalue weighted by atomic mass is 35.5. The first-order valence-corrected chi connectivity index (χ1v) is 7.19. The summed E-state index contributed by atoms with van der Waals surface area (Å²) in [5.74, 6) is 0.433. The van der Waals surface area contributed by atoms with Crippen LogP contribution in [-0.2, 0) is 6.54 Å². The molecule has 0 amide bonds. The zero-order chi connectivity index (χ0) is 16.2. The van der Waals surface area contributed by atoms with Crippen molar-refractivity contribution in [2.75, 3.05) is 33.4 Å². The standard InChI is InChI=1S/C15H21F3N2O2.ClH/c1-11-8-20(6-5-19-11)9-12-3-4-13(14(7-12)21-2)22-10-15(16,17)18;/h3-4,7,11,19H,5-6,8-10H2,1-2H3;1H. The number of nitrogens with one attached hydrogen (secondary N) is 1. The SMILES string of the molecule is COc1cc(CN2CCNC(C)C2)ccc1OCC(F)(F)F.Cl. The third-order valence-corrected chi connectivity index (χ3v) is 3.48. The molecule has 1 N–H and O–H groups in total. The van der Waals surface area contributed by atoms with E-state index in [0.29, 0.717) is 11.8 Å². The van der Waals surface area contributed by atoms with Crippen molar-refractivity contribution in [2.24, 2.45) is 0 Å². The molecule has 1 aromatic carbocycles. The number of piperazine rings is 1. The zero-order valence-corrected chi connectivity index (χ0v) is 14.0. The van der Waals surface area contributed by atoms with Crippen molar-refractivity contribution in [3.8, 4) is 11.5 Å². The fraction of sp³-hybridized carbons (Fsp3) is 0.600. The zero-order valence-electron chi connectivity index (χ0n) is 13.2. The Labute approximate surface area is 140 Å². The van der Waals surface area contributed by atoms with E-state index < -0.39 is 12.8 Å². The largest absolute Gasteiger partial charge is 0.493 e. The Morgan fingerprint density at radius 2 is 2.04 bits per heavy atom. The fourth-order valence-electron chi connectivity index (χ4n) is 2.50. The van der Waals surface area contributed by atoms with Crippen LogP contribution in [-0.4, -0.2) is 50.5 Å². The quantitative estimate of drug-likeness (QED) is 0.881. The van der Waals surface area contributed by atoms with E-state index in [2.05, 4.69) is 17.1 Å². The van der Waals surface area contributed by atoms with E-state index >= 15 is 0 Å². The van der Waals surface area contributed by atoms with Gasteiger partial charge in [-0.3, -0.25) is 4.90 Å². The Kier molecular flexibility index (Phi) is 7.44. The maximum Gasteiger partial charge on any atom is 0.422 e. The lowest BCUT2D eigenvalue weighted by Gasteiger charge is -2.31. The fourth-order valence-corrected chi connectivity index (χ4v) is 2.50. The third kappa shape index (κ3) is 6.45. The van der Waals surface area contributed by atoms with Crippen molar-refractivity contribution < 1.29 is 22.6 Å². The van der Waals surface area contributed by atoms with E-state index in [9.17, 15) is 13.2 Å². The molecule has 0 bridgehead atoms. The molecule has 0 aliphatic carbocycles. The molecule has 1 saturated heterocycles. The number of hydrogen-bond donors (Lipinski definition) is 1. The van der Waals surface area contributed by atoms with Crippen LogP contribution < -0.4 is 14.8 Å². The first-order valence-electron chi connectivity index (χ1n) is 7.19. The summed E-state index contributed by atoms with van der Waals surface area (Å²) < 4.78 is 46.6. The molecule has 1 aliphatic heterocycles. The number of benzene rings is 1. The Morgan fingerprint density at radius 3 is 2.65 bits per heavy atom. The molecule has 1 heterocycles. The van der Waals surface area contributed by atoms with E-state index in [-0.39, 0.29) is 18.2 Å². The van der Waals surface area contributed by atoms with Gasteiger partial charge in [-0.25, -0.2) is 0 Å². The molecule has 132 valence electrons. The van der Waals surface area contributed by atoms with Gasteiger partial charge < -0.3 is 14.8 Å². The average molecular weight is 355 g/mol. The third-order valence-electron chi connectivity index (χ3n) is 3.48. The number of halogens is 4. The van der Waals surface area contributed by atoms with Crippen molar-refractivity contribution in [2.45, 2.75) is 25.7 Å². The summed E-state index contributed by atoms with van der Waals surface area (Å²) in [5, 5.41) is 3.37. The molecule has 1 atom stereocenters. The van der Waals surface area contributed by atoms with Gasteiger partial charge in [0.25, 0.3) is 0 Å². The van der Waals surface area contributed by atoms with Gasteiger partial charge in [0.05, 0.1) is 7.11 Å². The minimum atomic E-state index is -4.36. The lowest BCUT2D eigenvalue weighted by molar-refractivity contribution is -0.153. The van der Waals surface area contributed by atoms with Crippen molar-refractivity contribution in [1.29, 1.82) is 0 Å². The number of rotatable bonds is 5. The first kappa shape index (κ1) is 19.9.